The molecule has 1 nitrogen and oxygen atoms in total. The lowest BCUT2D eigenvalue weighted by atomic mass is 9.61. The third-order valence-corrected chi connectivity index (χ3v) is 6.29. The first-order chi connectivity index (χ1) is 8.95. The van der Waals surface area contributed by atoms with E-state index in [0.29, 0.717) is 11.3 Å². The van der Waals surface area contributed by atoms with Gasteiger partial charge in [0.25, 0.3) is 0 Å². The number of hydrogen-bond donors (Lipinski definition) is 1. The van der Waals surface area contributed by atoms with Gasteiger partial charge in [-0.3, -0.25) is 0 Å². The Labute approximate surface area is 120 Å². The highest BCUT2D eigenvalue weighted by molar-refractivity contribution is 5.01. The van der Waals surface area contributed by atoms with Crippen molar-refractivity contribution in [2.24, 2.45) is 29.1 Å². The van der Waals surface area contributed by atoms with Crippen molar-refractivity contribution >= 4 is 0 Å². The van der Waals surface area contributed by atoms with Crippen LogP contribution in [0.4, 0.5) is 0 Å². The lowest BCUT2D eigenvalue weighted by Crippen LogP contribution is -2.41. The molecule has 0 aromatic carbocycles. The van der Waals surface area contributed by atoms with Crippen LogP contribution in [0.1, 0.15) is 79.1 Å². The third kappa shape index (κ3) is 3.17. The number of aliphatic hydroxyl groups is 1. The molecule has 0 amide bonds. The maximum absolute atomic E-state index is 10.3. The van der Waals surface area contributed by atoms with E-state index >= 15 is 0 Å². The molecule has 0 aliphatic heterocycles. The van der Waals surface area contributed by atoms with Gasteiger partial charge in [0.1, 0.15) is 0 Å². The molecule has 0 bridgehead atoms. The molecule has 1 heteroatoms. The third-order valence-electron chi connectivity index (χ3n) is 6.29. The molecule has 0 spiro atoms. The van der Waals surface area contributed by atoms with Gasteiger partial charge in [-0.05, 0) is 54.8 Å². The van der Waals surface area contributed by atoms with Crippen LogP contribution in [0.2, 0.25) is 0 Å². The minimum Gasteiger partial charge on any atom is -0.393 e. The fraction of sp³-hybridized carbons (Fsp3) is 1.00. The minimum atomic E-state index is -0.00776. The summed E-state index contributed by atoms with van der Waals surface area (Å²) in [4.78, 5) is 0. The van der Waals surface area contributed by atoms with Gasteiger partial charge in [-0.1, -0.05) is 53.4 Å². The van der Waals surface area contributed by atoms with E-state index in [1.807, 2.05) is 0 Å². The Kier molecular flexibility index (Phi) is 4.98. The van der Waals surface area contributed by atoms with Gasteiger partial charge in [0, 0.05) is 0 Å². The lowest BCUT2D eigenvalue weighted by Gasteiger charge is -2.45. The zero-order valence-electron chi connectivity index (χ0n) is 13.5. The second kappa shape index (κ2) is 6.16. The average Bonchev–Trinajstić information content (AvgIpc) is 2.67. The van der Waals surface area contributed by atoms with Crippen LogP contribution in [-0.4, -0.2) is 11.2 Å². The maximum atomic E-state index is 10.3. The maximum Gasteiger partial charge on any atom is 0.0573 e. The molecule has 2 rings (SSSR count). The minimum absolute atomic E-state index is 0.00776. The van der Waals surface area contributed by atoms with Gasteiger partial charge in [-0.2, -0.15) is 0 Å². The number of hydrogen-bond acceptors (Lipinski definition) is 1. The van der Waals surface area contributed by atoms with E-state index in [4.69, 9.17) is 0 Å². The first-order valence-corrected chi connectivity index (χ1v) is 8.63. The van der Waals surface area contributed by atoms with Crippen molar-refractivity contribution in [3.8, 4) is 0 Å². The zero-order valence-corrected chi connectivity index (χ0v) is 13.5. The molecule has 19 heavy (non-hydrogen) atoms. The second-order valence-corrected chi connectivity index (χ2v) is 8.06. The Hall–Kier alpha value is -0.0400. The topological polar surface area (TPSA) is 20.2 Å². The lowest BCUT2D eigenvalue weighted by molar-refractivity contribution is -0.0278. The normalized spacial score (nSPS) is 40.4. The highest BCUT2D eigenvalue weighted by atomic mass is 16.3. The SMILES string of the molecule is CC(C)CCCC(C)[C@H]1CCC2C(O)CCC[C@@]21C. The van der Waals surface area contributed by atoms with E-state index in [9.17, 15) is 5.11 Å². The van der Waals surface area contributed by atoms with Crippen LogP contribution in [0.5, 0.6) is 0 Å². The van der Waals surface area contributed by atoms with Gasteiger partial charge in [-0.15, -0.1) is 0 Å². The van der Waals surface area contributed by atoms with E-state index in [-0.39, 0.29) is 6.10 Å². The molecular weight excluding hydrogens is 232 g/mol. The van der Waals surface area contributed by atoms with Gasteiger partial charge in [0.05, 0.1) is 6.10 Å². The first-order valence-electron chi connectivity index (χ1n) is 8.63. The Morgan fingerprint density at radius 3 is 2.53 bits per heavy atom. The molecule has 2 saturated carbocycles. The van der Waals surface area contributed by atoms with Gasteiger partial charge < -0.3 is 5.11 Å². The largest absolute Gasteiger partial charge is 0.393 e. The van der Waals surface area contributed by atoms with Crippen molar-refractivity contribution in [2.45, 2.75) is 85.2 Å². The van der Waals surface area contributed by atoms with E-state index in [0.717, 1.165) is 24.2 Å². The van der Waals surface area contributed by atoms with Crippen LogP contribution in [0, 0.1) is 29.1 Å². The van der Waals surface area contributed by atoms with Crippen LogP contribution in [-0.2, 0) is 0 Å². The molecular formula is C18H34O. The predicted octanol–water partition coefficient (Wildman–Crippen LogP) is 5.03. The Balaban J connectivity index is 1.93. The van der Waals surface area contributed by atoms with Gasteiger partial charge in [0.2, 0.25) is 0 Å². The van der Waals surface area contributed by atoms with Crippen LogP contribution < -0.4 is 0 Å². The molecule has 2 aliphatic carbocycles. The number of rotatable bonds is 5. The van der Waals surface area contributed by atoms with Crippen LogP contribution in [0.25, 0.3) is 0 Å². The molecule has 0 heterocycles. The quantitative estimate of drug-likeness (QED) is 0.740. The molecule has 0 radical (unpaired) electrons. The Morgan fingerprint density at radius 2 is 1.84 bits per heavy atom. The standard InChI is InChI=1S/C18H34O/c1-13(2)7-5-8-14(3)15-10-11-16-17(19)9-6-12-18(15,16)4/h13-17,19H,5-12H2,1-4H3/t14?,15-,16?,17?,18-/m1/s1. The summed E-state index contributed by atoms with van der Waals surface area (Å²) in [5, 5.41) is 10.3. The molecule has 112 valence electrons. The summed E-state index contributed by atoms with van der Waals surface area (Å²) in [6, 6.07) is 0. The van der Waals surface area contributed by atoms with Crippen LogP contribution in [0.15, 0.2) is 0 Å². The van der Waals surface area contributed by atoms with Gasteiger partial charge in [0.15, 0.2) is 0 Å². The summed E-state index contributed by atoms with van der Waals surface area (Å²) in [6.45, 7) is 9.61. The van der Waals surface area contributed by atoms with Crippen molar-refractivity contribution in [1.29, 1.82) is 0 Å². The molecule has 1 N–H and O–H groups in total. The molecule has 2 aliphatic rings. The molecule has 0 aromatic heterocycles. The van der Waals surface area contributed by atoms with Crippen LogP contribution in [0.3, 0.4) is 0 Å². The average molecular weight is 266 g/mol. The van der Waals surface area contributed by atoms with Crippen molar-refractivity contribution < 1.29 is 5.11 Å². The van der Waals surface area contributed by atoms with Crippen molar-refractivity contribution in [2.75, 3.05) is 0 Å². The second-order valence-electron chi connectivity index (χ2n) is 8.06. The molecule has 5 atom stereocenters. The molecule has 0 saturated heterocycles. The monoisotopic (exact) mass is 266 g/mol. The van der Waals surface area contributed by atoms with Crippen molar-refractivity contribution in [3.63, 3.8) is 0 Å². The van der Waals surface area contributed by atoms with Gasteiger partial charge in [-0.25, -0.2) is 0 Å². The summed E-state index contributed by atoms with van der Waals surface area (Å²) in [6.07, 6.45) is 10.4. The predicted molar refractivity (Wildman–Crippen MR) is 82.0 cm³/mol. The molecule has 0 aromatic rings. The first kappa shape index (κ1) is 15.4. The summed E-state index contributed by atoms with van der Waals surface area (Å²) in [5.41, 5.74) is 0.439. The van der Waals surface area contributed by atoms with Crippen molar-refractivity contribution in [1.82, 2.24) is 0 Å². The Bertz CT molecular complexity index is 285. The zero-order chi connectivity index (χ0) is 14.0. The van der Waals surface area contributed by atoms with Crippen molar-refractivity contribution in [3.05, 3.63) is 0 Å². The van der Waals surface area contributed by atoms with E-state index < -0.39 is 0 Å². The molecule has 3 unspecified atom stereocenters. The molecule has 2 fully saturated rings. The van der Waals surface area contributed by atoms with E-state index in [1.165, 1.54) is 44.9 Å². The van der Waals surface area contributed by atoms with Gasteiger partial charge >= 0.3 is 0 Å². The number of aliphatic hydroxyl groups excluding tert-OH is 1. The fourth-order valence-electron chi connectivity index (χ4n) is 5.17. The van der Waals surface area contributed by atoms with E-state index in [1.54, 1.807) is 0 Å². The Morgan fingerprint density at radius 1 is 1.11 bits per heavy atom. The fourth-order valence-corrected chi connectivity index (χ4v) is 5.17. The summed E-state index contributed by atoms with van der Waals surface area (Å²) in [7, 11) is 0. The summed E-state index contributed by atoms with van der Waals surface area (Å²) >= 11 is 0. The highest BCUT2D eigenvalue weighted by Crippen LogP contribution is 2.58. The number of fused-ring (bicyclic) bond motifs is 1. The highest BCUT2D eigenvalue weighted by Gasteiger charge is 2.51. The summed E-state index contributed by atoms with van der Waals surface area (Å²) in [5.74, 6) is 3.15. The summed E-state index contributed by atoms with van der Waals surface area (Å²) < 4.78 is 0. The van der Waals surface area contributed by atoms with E-state index in [2.05, 4.69) is 27.7 Å². The smallest absolute Gasteiger partial charge is 0.0573 e. The van der Waals surface area contributed by atoms with Crippen LogP contribution >= 0.6 is 0 Å².